The van der Waals surface area contributed by atoms with Crippen molar-refractivity contribution in [2.24, 2.45) is 5.92 Å². The topological polar surface area (TPSA) is 40.5 Å². The Bertz CT molecular complexity index is 149. The van der Waals surface area contributed by atoms with Crippen molar-refractivity contribution < 1.29 is 10.2 Å². The molecule has 0 bridgehead atoms. The van der Waals surface area contributed by atoms with Crippen LogP contribution in [0.5, 0.6) is 0 Å². The summed E-state index contributed by atoms with van der Waals surface area (Å²) in [6.45, 7) is -0.125. The van der Waals surface area contributed by atoms with Crippen molar-refractivity contribution in [1.29, 1.82) is 0 Å². The average molecular weight is 154 g/mol. The van der Waals surface area contributed by atoms with Crippen molar-refractivity contribution in [3.8, 4) is 0 Å². The summed E-state index contributed by atoms with van der Waals surface area (Å²) in [7, 11) is 0. The van der Waals surface area contributed by atoms with Gasteiger partial charge in [0.15, 0.2) is 0 Å². The van der Waals surface area contributed by atoms with Crippen LogP contribution < -0.4 is 0 Å². The van der Waals surface area contributed by atoms with Crippen LogP contribution in [0.25, 0.3) is 0 Å². The van der Waals surface area contributed by atoms with E-state index >= 15 is 0 Å². The summed E-state index contributed by atoms with van der Waals surface area (Å²) in [6.07, 6.45) is 9.28. The van der Waals surface area contributed by atoms with Crippen molar-refractivity contribution in [2.75, 3.05) is 6.61 Å². The number of hydrogen-bond acceptors (Lipinski definition) is 2. The van der Waals surface area contributed by atoms with E-state index in [-0.39, 0.29) is 6.61 Å². The Balaban J connectivity index is 2.12. The van der Waals surface area contributed by atoms with E-state index in [4.69, 9.17) is 10.2 Å². The molecule has 0 spiro atoms. The molecule has 0 saturated heterocycles. The zero-order valence-electron chi connectivity index (χ0n) is 6.48. The molecule has 1 aliphatic rings. The molecule has 0 radical (unpaired) electrons. The summed E-state index contributed by atoms with van der Waals surface area (Å²) in [6, 6.07) is 0. The predicted molar refractivity (Wildman–Crippen MR) is 44.1 cm³/mol. The van der Waals surface area contributed by atoms with Gasteiger partial charge in [-0.15, -0.1) is 0 Å². The fourth-order valence-corrected chi connectivity index (χ4v) is 1.15. The highest BCUT2D eigenvalue weighted by Gasteiger charge is 2.07. The molecular formula is C9H14O2. The van der Waals surface area contributed by atoms with Crippen LogP contribution in [-0.2, 0) is 0 Å². The van der Waals surface area contributed by atoms with Gasteiger partial charge in [0.25, 0.3) is 0 Å². The predicted octanol–water partition coefficient (Wildman–Crippen LogP) is 0.862. The lowest BCUT2D eigenvalue weighted by Gasteiger charge is -2.08. The third kappa shape index (κ3) is 2.87. The molecule has 0 aromatic heterocycles. The summed E-state index contributed by atoms with van der Waals surface area (Å²) >= 11 is 0. The summed E-state index contributed by atoms with van der Waals surface area (Å²) in [5.41, 5.74) is 0. The molecule has 2 nitrogen and oxygen atoms in total. The first-order valence-electron chi connectivity index (χ1n) is 3.97. The summed E-state index contributed by atoms with van der Waals surface area (Å²) in [4.78, 5) is 0. The highest BCUT2D eigenvalue weighted by Crippen LogP contribution is 2.15. The average Bonchev–Trinajstić information content (AvgIpc) is 2.52. The molecule has 0 heterocycles. The van der Waals surface area contributed by atoms with Gasteiger partial charge in [-0.3, -0.25) is 0 Å². The first-order chi connectivity index (χ1) is 5.33. The molecule has 62 valence electrons. The van der Waals surface area contributed by atoms with E-state index in [0.29, 0.717) is 12.3 Å². The molecule has 2 heteroatoms. The lowest BCUT2D eigenvalue weighted by molar-refractivity contribution is 0.0852. The number of allylic oxidation sites excluding steroid dienone is 4. The third-order valence-electron chi connectivity index (χ3n) is 1.87. The first kappa shape index (κ1) is 8.50. The maximum atomic E-state index is 9.02. The highest BCUT2D eigenvalue weighted by molar-refractivity contribution is 5.17. The molecule has 1 unspecified atom stereocenters. The van der Waals surface area contributed by atoms with Crippen LogP contribution in [-0.4, -0.2) is 22.9 Å². The van der Waals surface area contributed by atoms with Crippen LogP contribution in [0, 0.1) is 5.92 Å². The van der Waals surface area contributed by atoms with Gasteiger partial charge in [-0.25, -0.2) is 0 Å². The summed E-state index contributed by atoms with van der Waals surface area (Å²) in [5.74, 6) is 0.469. The molecule has 1 rings (SSSR count). The fraction of sp³-hybridized carbons (Fsp3) is 0.556. The van der Waals surface area contributed by atoms with Gasteiger partial charge in [0, 0.05) is 0 Å². The Morgan fingerprint density at radius 1 is 1.27 bits per heavy atom. The highest BCUT2D eigenvalue weighted by atomic mass is 16.3. The van der Waals surface area contributed by atoms with Crippen LogP contribution in [0.15, 0.2) is 24.3 Å². The summed E-state index contributed by atoms with van der Waals surface area (Å²) < 4.78 is 0. The van der Waals surface area contributed by atoms with E-state index in [0.717, 1.165) is 6.42 Å². The monoisotopic (exact) mass is 154 g/mol. The maximum absolute atomic E-state index is 9.02. The minimum Gasteiger partial charge on any atom is -0.394 e. The Hall–Kier alpha value is -0.600. The largest absolute Gasteiger partial charge is 0.394 e. The quantitative estimate of drug-likeness (QED) is 0.630. The standard InChI is InChI=1S/C9H14O2/c10-7-9(11)6-5-8-3-1-2-4-8/h1-4,8-11H,5-7H2. The van der Waals surface area contributed by atoms with E-state index in [9.17, 15) is 0 Å². The molecule has 11 heavy (non-hydrogen) atoms. The number of aliphatic hydroxyl groups is 2. The van der Waals surface area contributed by atoms with Gasteiger partial charge in [-0.1, -0.05) is 24.3 Å². The molecule has 0 saturated carbocycles. The molecule has 0 fully saturated rings. The van der Waals surface area contributed by atoms with Gasteiger partial charge in [0.1, 0.15) is 0 Å². The van der Waals surface area contributed by atoms with Gasteiger partial charge < -0.3 is 10.2 Å². The number of aliphatic hydroxyl groups excluding tert-OH is 2. The number of hydrogen-bond donors (Lipinski definition) is 2. The molecule has 0 amide bonds. The molecule has 0 aromatic rings. The molecule has 1 aliphatic carbocycles. The van der Waals surface area contributed by atoms with Crippen molar-refractivity contribution >= 4 is 0 Å². The molecule has 0 aliphatic heterocycles. The van der Waals surface area contributed by atoms with Crippen LogP contribution in [0.1, 0.15) is 12.8 Å². The Labute approximate surface area is 66.9 Å². The fourth-order valence-electron chi connectivity index (χ4n) is 1.15. The lowest BCUT2D eigenvalue weighted by Crippen LogP contribution is -2.12. The van der Waals surface area contributed by atoms with E-state index in [2.05, 4.69) is 12.2 Å². The smallest absolute Gasteiger partial charge is 0.0771 e. The normalized spacial score (nSPS) is 19.5. The maximum Gasteiger partial charge on any atom is 0.0771 e. The van der Waals surface area contributed by atoms with Crippen LogP contribution in [0.3, 0.4) is 0 Å². The Morgan fingerprint density at radius 2 is 1.91 bits per heavy atom. The van der Waals surface area contributed by atoms with Gasteiger partial charge in [-0.05, 0) is 18.8 Å². The minimum absolute atomic E-state index is 0.125. The molecule has 2 N–H and O–H groups in total. The van der Waals surface area contributed by atoms with Gasteiger partial charge >= 0.3 is 0 Å². The second kappa shape index (κ2) is 4.31. The minimum atomic E-state index is -0.544. The Morgan fingerprint density at radius 3 is 2.45 bits per heavy atom. The molecule has 0 aromatic carbocycles. The van der Waals surface area contributed by atoms with Crippen LogP contribution in [0.4, 0.5) is 0 Å². The van der Waals surface area contributed by atoms with Gasteiger partial charge in [0.2, 0.25) is 0 Å². The second-order valence-corrected chi connectivity index (χ2v) is 2.85. The lowest BCUT2D eigenvalue weighted by atomic mass is 10.0. The van der Waals surface area contributed by atoms with Crippen molar-refractivity contribution in [3.63, 3.8) is 0 Å². The van der Waals surface area contributed by atoms with E-state index in [1.165, 1.54) is 0 Å². The number of rotatable bonds is 4. The third-order valence-corrected chi connectivity index (χ3v) is 1.87. The second-order valence-electron chi connectivity index (χ2n) is 2.85. The van der Waals surface area contributed by atoms with E-state index in [1.54, 1.807) is 0 Å². The summed E-state index contributed by atoms with van der Waals surface area (Å²) in [5, 5.41) is 17.5. The van der Waals surface area contributed by atoms with Crippen molar-refractivity contribution in [3.05, 3.63) is 24.3 Å². The first-order valence-corrected chi connectivity index (χ1v) is 3.97. The van der Waals surface area contributed by atoms with Gasteiger partial charge in [-0.2, -0.15) is 0 Å². The van der Waals surface area contributed by atoms with E-state index < -0.39 is 6.10 Å². The zero-order valence-corrected chi connectivity index (χ0v) is 6.48. The molecule has 1 atom stereocenters. The zero-order chi connectivity index (χ0) is 8.10. The van der Waals surface area contributed by atoms with Crippen LogP contribution in [0.2, 0.25) is 0 Å². The SMILES string of the molecule is OCC(O)CCC1C=CC=C1. The van der Waals surface area contributed by atoms with Crippen LogP contribution >= 0.6 is 0 Å². The molecular weight excluding hydrogens is 140 g/mol. The van der Waals surface area contributed by atoms with Crippen molar-refractivity contribution in [1.82, 2.24) is 0 Å². The Kier molecular flexibility index (Phi) is 3.33. The van der Waals surface area contributed by atoms with Crippen molar-refractivity contribution in [2.45, 2.75) is 18.9 Å². The van der Waals surface area contributed by atoms with Gasteiger partial charge in [0.05, 0.1) is 12.7 Å². The van der Waals surface area contributed by atoms with E-state index in [1.807, 2.05) is 12.2 Å².